The summed E-state index contributed by atoms with van der Waals surface area (Å²) in [7, 11) is 0. The zero-order valence-electron chi connectivity index (χ0n) is 32.2. The summed E-state index contributed by atoms with van der Waals surface area (Å²) in [5.74, 6) is 0.602. The molecule has 0 aliphatic carbocycles. The third-order valence-electron chi connectivity index (χ3n) is 11.5. The molecule has 3 heterocycles. The van der Waals surface area contributed by atoms with Crippen molar-refractivity contribution >= 4 is 81.6 Å². The molecule has 0 bridgehead atoms. The third-order valence-corrected chi connectivity index (χ3v) is 12.7. The fraction of sp³-hybridized carbons (Fsp3) is 0. The molecule has 12 rings (SSSR count). The molecule has 0 amide bonds. The van der Waals surface area contributed by atoms with E-state index in [1.165, 1.54) is 42.4 Å². The van der Waals surface area contributed by atoms with Crippen LogP contribution in [0.25, 0.3) is 98.0 Å². The minimum absolute atomic E-state index is 0.602. The average molecular weight is 787 g/mol. The van der Waals surface area contributed by atoms with Crippen LogP contribution in [-0.4, -0.2) is 4.98 Å². The van der Waals surface area contributed by atoms with Crippen molar-refractivity contribution in [2.24, 2.45) is 0 Å². The summed E-state index contributed by atoms with van der Waals surface area (Å²) in [6.07, 6.45) is 0. The van der Waals surface area contributed by atoms with Crippen molar-refractivity contribution in [3.8, 4) is 44.8 Å². The van der Waals surface area contributed by atoms with E-state index in [1.807, 2.05) is 53.8 Å². The highest BCUT2D eigenvalue weighted by Gasteiger charge is 2.19. The van der Waals surface area contributed by atoms with Gasteiger partial charge in [-0.05, 0) is 112 Å². The molecule has 0 unspecified atom stereocenters. The lowest BCUT2D eigenvalue weighted by Gasteiger charge is -2.26. The maximum Gasteiger partial charge on any atom is 0.227 e. The molecule has 4 nitrogen and oxygen atoms in total. The number of nitrogens with zero attached hydrogens (tertiary/aromatic N) is 2. The van der Waals surface area contributed by atoms with E-state index in [-0.39, 0.29) is 0 Å². The summed E-state index contributed by atoms with van der Waals surface area (Å²) in [4.78, 5) is 7.27. The van der Waals surface area contributed by atoms with Crippen LogP contribution >= 0.6 is 11.3 Å². The summed E-state index contributed by atoms with van der Waals surface area (Å²) < 4.78 is 15.3. The van der Waals surface area contributed by atoms with E-state index < -0.39 is 0 Å². The molecule has 0 saturated heterocycles. The van der Waals surface area contributed by atoms with Crippen LogP contribution in [-0.2, 0) is 0 Å². The van der Waals surface area contributed by atoms with Gasteiger partial charge >= 0.3 is 0 Å². The van der Waals surface area contributed by atoms with Gasteiger partial charge in [-0.15, -0.1) is 11.3 Å². The summed E-state index contributed by atoms with van der Waals surface area (Å²) in [5.41, 5.74) is 14.3. The van der Waals surface area contributed by atoms with E-state index in [9.17, 15) is 0 Å². The number of hydrogen-bond donors (Lipinski definition) is 0. The van der Waals surface area contributed by atoms with Gasteiger partial charge in [0.2, 0.25) is 5.89 Å². The molecule has 0 spiro atoms. The Hall–Kier alpha value is -7.73. The van der Waals surface area contributed by atoms with Gasteiger partial charge in [0.1, 0.15) is 16.7 Å². The number of thiophene rings is 1. The lowest BCUT2D eigenvalue weighted by Crippen LogP contribution is -2.10. The van der Waals surface area contributed by atoms with E-state index in [1.54, 1.807) is 0 Å². The molecule has 5 heteroatoms. The lowest BCUT2D eigenvalue weighted by atomic mass is 10.0. The number of furan rings is 1. The third kappa shape index (κ3) is 5.78. The van der Waals surface area contributed by atoms with Crippen molar-refractivity contribution in [2.75, 3.05) is 4.90 Å². The first-order chi connectivity index (χ1) is 29.7. The van der Waals surface area contributed by atoms with Crippen molar-refractivity contribution in [1.82, 2.24) is 4.98 Å². The summed E-state index contributed by atoms with van der Waals surface area (Å²) in [5, 5.41) is 4.59. The van der Waals surface area contributed by atoms with Gasteiger partial charge in [0, 0.05) is 48.2 Å². The van der Waals surface area contributed by atoms with Gasteiger partial charge in [0.15, 0.2) is 5.58 Å². The highest BCUT2D eigenvalue weighted by atomic mass is 32.1. The van der Waals surface area contributed by atoms with Crippen LogP contribution in [0.1, 0.15) is 0 Å². The molecule has 60 heavy (non-hydrogen) atoms. The van der Waals surface area contributed by atoms with E-state index in [4.69, 9.17) is 13.8 Å². The second-order valence-corrected chi connectivity index (χ2v) is 16.2. The first-order valence-electron chi connectivity index (χ1n) is 20.1. The van der Waals surface area contributed by atoms with Crippen molar-refractivity contribution in [3.05, 3.63) is 206 Å². The van der Waals surface area contributed by atoms with Gasteiger partial charge in [-0.1, -0.05) is 127 Å². The molecule has 0 atom stereocenters. The fourth-order valence-electron chi connectivity index (χ4n) is 8.61. The number of fused-ring (bicyclic) bond motifs is 8. The zero-order chi connectivity index (χ0) is 39.6. The normalized spacial score (nSPS) is 11.7. The molecule has 9 aromatic carbocycles. The Bertz CT molecular complexity index is 3530. The summed E-state index contributed by atoms with van der Waals surface area (Å²) in [6, 6.07) is 72.9. The topological polar surface area (TPSA) is 42.4 Å². The molecule has 282 valence electrons. The van der Waals surface area contributed by atoms with Gasteiger partial charge in [-0.2, -0.15) is 0 Å². The van der Waals surface area contributed by atoms with Crippen LogP contribution in [0, 0.1) is 0 Å². The molecule has 0 saturated carbocycles. The highest BCUT2D eigenvalue weighted by molar-refractivity contribution is 7.26. The minimum Gasteiger partial charge on any atom is -0.456 e. The molecule has 0 radical (unpaired) electrons. The molecule has 0 N–H and O–H groups in total. The van der Waals surface area contributed by atoms with Crippen molar-refractivity contribution in [3.63, 3.8) is 0 Å². The van der Waals surface area contributed by atoms with Crippen LogP contribution in [0.15, 0.2) is 215 Å². The van der Waals surface area contributed by atoms with Gasteiger partial charge in [-0.25, -0.2) is 4.98 Å². The summed E-state index contributed by atoms with van der Waals surface area (Å²) in [6.45, 7) is 0. The number of anilines is 3. The molecule has 12 aromatic rings. The molecule has 3 aromatic heterocycles. The van der Waals surface area contributed by atoms with Crippen LogP contribution in [0.5, 0.6) is 0 Å². The van der Waals surface area contributed by atoms with Crippen molar-refractivity contribution in [2.45, 2.75) is 0 Å². The predicted octanol–water partition coefficient (Wildman–Crippen LogP) is 16.2. The number of hydrogen-bond acceptors (Lipinski definition) is 5. The number of oxazole rings is 1. The van der Waals surface area contributed by atoms with Crippen LogP contribution in [0.2, 0.25) is 0 Å². The van der Waals surface area contributed by atoms with Crippen LogP contribution < -0.4 is 4.90 Å². The first-order valence-corrected chi connectivity index (χ1v) is 20.9. The Balaban J connectivity index is 0.932. The van der Waals surface area contributed by atoms with E-state index in [2.05, 4.69) is 169 Å². The molecule has 0 fully saturated rings. The standard InChI is InChI=1S/C55H34N2O2S/c1-3-11-35(12-4-1)36-21-26-41(27-22-36)57(43-16-9-15-40(33-43)44-18-10-19-46-45-17-7-8-20-51(45)60-54(44)46)42-28-23-37(24-29-42)39-25-30-47-50(34-39)58-48-31-32-49-53(52(47)48)56-55(59-49)38-13-5-2-6-14-38/h1-34H. The van der Waals surface area contributed by atoms with Crippen molar-refractivity contribution in [1.29, 1.82) is 0 Å². The van der Waals surface area contributed by atoms with Gasteiger partial charge in [-0.3, -0.25) is 0 Å². The van der Waals surface area contributed by atoms with E-state index in [0.717, 1.165) is 66.8 Å². The number of rotatable bonds is 7. The summed E-state index contributed by atoms with van der Waals surface area (Å²) >= 11 is 1.86. The SMILES string of the molecule is c1ccc(-c2ccc(N(c3ccc(-c4ccc5c(c4)oc4ccc6oc(-c7ccccc7)nc6c45)cc3)c3cccc(-c4cccc5c4sc4ccccc45)c3)cc2)cc1. The fourth-order valence-corrected chi connectivity index (χ4v) is 9.85. The van der Waals surface area contributed by atoms with Crippen LogP contribution in [0.3, 0.4) is 0 Å². The van der Waals surface area contributed by atoms with Gasteiger partial charge < -0.3 is 13.7 Å². The second-order valence-electron chi connectivity index (χ2n) is 15.1. The van der Waals surface area contributed by atoms with E-state index >= 15 is 0 Å². The number of aromatic nitrogens is 1. The molecule has 0 aliphatic rings. The first kappa shape index (κ1) is 34.3. The average Bonchev–Trinajstić information content (AvgIpc) is 4.04. The van der Waals surface area contributed by atoms with Crippen LogP contribution in [0.4, 0.5) is 17.1 Å². The second kappa shape index (κ2) is 14.0. The van der Waals surface area contributed by atoms with Gasteiger partial charge in [0.05, 0.1) is 5.39 Å². The Labute approximate surface area is 349 Å². The zero-order valence-corrected chi connectivity index (χ0v) is 33.1. The Morgan fingerprint density at radius 2 is 1.00 bits per heavy atom. The predicted molar refractivity (Wildman–Crippen MR) is 251 cm³/mol. The lowest BCUT2D eigenvalue weighted by molar-refractivity contribution is 0.619. The minimum atomic E-state index is 0.602. The number of benzene rings is 9. The maximum absolute atomic E-state index is 6.46. The molecule has 0 aliphatic heterocycles. The largest absolute Gasteiger partial charge is 0.456 e. The Morgan fingerprint density at radius 1 is 0.383 bits per heavy atom. The van der Waals surface area contributed by atoms with Gasteiger partial charge in [0.25, 0.3) is 0 Å². The Kier molecular flexibility index (Phi) is 8.00. The van der Waals surface area contributed by atoms with E-state index in [0.29, 0.717) is 5.89 Å². The molecular weight excluding hydrogens is 753 g/mol. The monoisotopic (exact) mass is 786 g/mol. The highest BCUT2D eigenvalue weighted by Crippen LogP contribution is 2.43. The smallest absolute Gasteiger partial charge is 0.227 e. The van der Waals surface area contributed by atoms with Crippen molar-refractivity contribution < 1.29 is 8.83 Å². The quantitative estimate of drug-likeness (QED) is 0.161. The molecular formula is C55H34N2O2S. The maximum atomic E-state index is 6.46. The Morgan fingerprint density at radius 3 is 1.78 bits per heavy atom.